The Bertz CT molecular complexity index is 952. The summed E-state index contributed by atoms with van der Waals surface area (Å²) in [4.78, 5) is 36.1. The number of aliphatic hydroxyl groups excluding tert-OH is 1. The summed E-state index contributed by atoms with van der Waals surface area (Å²) in [6.07, 6.45) is 3.86. The number of hydrogen-bond donors (Lipinski definition) is 2. The van der Waals surface area contributed by atoms with Gasteiger partial charge in [-0.15, -0.1) is 0 Å². The number of esters is 1. The zero-order valence-electron chi connectivity index (χ0n) is 18.1. The predicted molar refractivity (Wildman–Crippen MR) is 109 cm³/mol. The predicted octanol–water partition coefficient (Wildman–Crippen LogP) is 2.39. The van der Waals surface area contributed by atoms with Crippen molar-refractivity contribution < 1.29 is 33.7 Å². The number of alkyl halides is 1. The van der Waals surface area contributed by atoms with E-state index in [1.165, 1.54) is 19.1 Å². The van der Waals surface area contributed by atoms with E-state index in [1.807, 2.05) is 0 Å². The number of aliphatic hydroxyl groups is 2. The second-order valence-electron chi connectivity index (χ2n) is 9.99. The van der Waals surface area contributed by atoms with Crippen molar-refractivity contribution in [2.45, 2.75) is 63.8 Å². The number of ketones is 2. The number of rotatable bonds is 3. The van der Waals surface area contributed by atoms with Gasteiger partial charge in [0.2, 0.25) is 5.78 Å². The van der Waals surface area contributed by atoms with Crippen molar-refractivity contribution in [1.82, 2.24) is 0 Å². The molecular formula is C24H29FO6. The van der Waals surface area contributed by atoms with E-state index in [-0.39, 0.29) is 24.2 Å². The third-order valence-corrected chi connectivity index (χ3v) is 8.65. The summed E-state index contributed by atoms with van der Waals surface area (Å²) in [7, 11) is 0. The molecule has 3 saturated carbocycles. The highest BCUT2D eigenvalue weighted by molar-refractivity contribution is 6.01. The van der Waals surface area contributed by atoms with Crippen LogP contribution in [0.2, 0.25) is 0 Å². The lowest BCUT2D eigenvalue weighted by Gasteiger charge is -2.62. The SMILES string of the molecule is C=C1CC2C3CCC4=CC(=O)C=CC4(C)[C@@]3(F)C(O)CC2(C)[C@@]1(O)C(=O)COC(C)=O. The van der Waals surface area contributed by atoms with Gasteiger partial charge in [-0.05, 0) is 56.3 Å². The molecule has 2 N–H and O–H groups in total. The molecule has 4 aliphatic rings. The Morgan fingerprint density at radius 2 is 2.00 bits per heavy atom. The van der Waals surface area contributed by atoms with Crippen molar-refractivity contribution in [3.05, 3.63) is 36.0 Å². The monoisotopic (exact) mass is 432 g/mol. The van der Waals surface area contributed by atoms with Gasteiger partial charge in [0.05, 0.1) is 6.10 Å². The highest BCUT2D eigenvalue weighted by Gasteiger charge is 2.75. The molecule has 0 bridgehead atoms. The smallest absolute Gasteiger partial charge is 0.303 e. The van der Waals surface area contributed by atoms with E-state index in [0.717, 1.165) is 0 Å². The van der Waals surface area contributed by atoms with E-state index in [4.69, 9.17) is 4.74 Å². The number of Topliss-reactive ketones (excluding diaryl/α,β-unsaturated/α-hetero) is 1. The van der Waals surface area contributed by atoms with Gasteiger partial charge >= 0.3 is 5.97 Å². The molecule has 0 radical (unpaired) electrons. The van der Waals surface area contributed by atoms with E-state index in [9.17, 15) is 24.6 Å². The van der Waals surface area contributed by atoms with Gasteiger partial charge in [-0.1, -0.05) is 25.2 Å². The summed E-state index contributed by atoms with van der Waals surface area (Å²) in [6, 6.07) is 0. The molecule has 0 heterocycles. The zero-order chi connectivity index (χ0) is 23.0. The number of allylic oxidation sites excluding steroid dienone is 4. The highest BCUT2D eigenvalue weighted by atomic mass is 19.1. The van der Waals surface area contributed by atoms with Crippen molar-refractivity contribution in [3.63, 3.8) is 0 Å². The van der Waals surface area contributed by atoms with Crippen LogP contribution in [0, 0.1) is 22.7 Å². The largest absolute Gasteiger partial charge is 0.458 e. The van der Waals surface area contributed by atoms with E-state index in [0.29, 0.717) is 18.4 Å². The van der Waals surface area contributed by atoms with Gasteiger partial charge in [0, 0.05) is 23.7 Å². The molecule has 0 saturated heterocycles. The van der Waals surface area contributed by atoms with Crippen molar-refractivity contribution >= 4 is 17.5 Å². The van der Waals surface area contributed by atoms with Gasteiger partial charge in [0.1, 0.15) is 0 Å². The molecule has 7 heteroatoms. The van der Waals surface area contributed by atoms with Crippen LogP contribution < -0.4 is 0 Å². The first kappa shape index (κ1) is 22.1. The first-order chi connectivity index (χ1) is 14.3. The van der Waals surface area contributed by atoms with Gasteiger partial charge in [-0.25, -0.2) is 4.39 Å². The van der Waals surface area contributed by atoms with Crippen LogP contribution in [-0.4, -0.2) is 51.7 Å². The normalized spacial score (nSPS) is 46.0. The minimum atomic E-state index is -2.05. The van der Waals surface area contributed by atoms with Gasteiger partial charge < -0.3 is 14.9 Å². The molecule has 5 unspecified atom stereocenters. The first-order valence-electron chi connectivity index (χ1n) is 10.7. The van der Waals surface area contributed by atoms with Gasteiger partial charge in [-0.3, -0.25) is 14.4 Å². The number of hydrogen-bond acceptors (Lipinski definition) is 6. The Kier molecular flexibility index (Phi) is 4.77. The van der Waals surface area contributed by atoms with Crippen LogP contribution >= 0.6 is 0 Å². The van der Waals surface area contributed by atoms with E-state index < -0.39 is 58.4 Å². The van der Waals surface area contributed by atoms with Crippen LogP contribution in [0.1, 0.15) is 46.5 Å². The molecule has 4 aliphatic carbocycles. The van der Waals surface area contributed by atoms with Crippen LogP contribution in [0.25, 0.3) is 0 Å². The topological polar surface area (TPSA) is 101 Å². The number of halogens is 1. The molecule has 3 fully saturated rings. The third kappa shape index (κ3) is 2.59. The Morgan fingerprint density at radius 3 is 2.65 bits per heavy atom. The van der Waals surface area contributed by atoms with Crippen molar-refractivity contribution in [3.8, 4) is 0 Å². The summed E-state index contributed by atoms with van der Waals surface area (Å²) in [6.45, 7) is 7.90. The summed E-state index contributed by atoms with van der Waals surface area (Å²) in [5.41, 5.74) is -5.46. The van der Waals surface area contributed by atoms with E-state index >= 15 is 4.39 Å². The molecule has 168 valence electrons. The van der Waals surface area contributed by atoms with Gasteiger partial charge in [-0.2, -0.15) is 0 Å². The molecule has 0 spiro atoms. The fourth-order valence-corrected chi connectivity index (χ4v) is 6.96. The first-order valence-corrected chi connectivity index (χ1v) is 10.7. The van der Waals surface area contributed by atoms with Crippen molar-refractivity contribution in [2.75, 3.05) is 6.61 Å². The van der Waals surface area contributed by atoms with Crippen molar-refractivity contribution in [2.24, 2.45) is 22.7 Å². The van der Waals surface area contributed by atoms with Crippen LogP contribution in [0.4, 0.5) is 4.39 Å². The summed E-state index contributed by atoms with van der Waals surface area (Å²) in [5, 5.41) is 22.8. The Hall–Kier alpha value is -2.12. The standard InChI is InChI=1S/C24H29FO6/c1-13-9-18-17-6-5-15-10-16(27)7-8-21(15,3)23(17,25)19(28)11-22(18,4)24(13,30)20(29)12-31-14(2)26/h7-8,10,17-19,28,30H,1,5-6,9,11-12H2,2-4H3/t17?,18?,19?,21?,22?,23-,24-/m0/s1. The molecule has 0 aromatic heterocycles. The van der Waals surface area contributed by atoms with Crippen LogP contribution in [0.15, 0.2) is 36.0 Å². The van der Waals surface area contributed by atoms with Gasteiger partial charge in [0.25, 0.3) is 0 Å². The highest BCUT2D eigenvalue weighted by Crippen LogP contribution is 2.70. The number of ether oxygens (including phenoxy) is 1. The zero-order valence-corrected chi connectivity index (χ0v) is 18.1. The maximum Gasteiger partial charge on any atom is 0.303 e. The fourth-order valence-electron chi connectivity index (χ4n) is 6.96. The molecule has 7 atom stereocenters. The van der Waals surface area contributed by atoms with Gasteiger partial charge in [0.15, 0.2) is 23.7 Å². The molecule has 0 aliphatic heterocycles. The molecule has 4 rings (SSSR count). The van der Waals surface area contributed by atoms with E-state index in [2.05, 4.69) is 6.58 Å². The molecule has 0 aromatic rings. The molecule has 31 heavy (non-hydrogen) atoms. The molecule has 0 amide bonds. The summed E-state index contributed by atoms with van der Waals surface area (Å²) < 4.78 is 21.8. The summed E-state index contributed by atoms with van der Waals surface area (Å²) >= 11 is 0. The fraction of sp³-hybridized carbons (Fsp3) is 0.625. The van der Waals surface area contributed by atoms with Crippen LogP contribution in [-0.2, 0) is 19.1 Å². The minimum absolute atomic E-state index is 0.156. The molecule has 0 aromatic carbocycles. The number of carbonyl (C=O) groups excluding carboxylic acids is 3. The lowest BCUT2D eigenvalue weighted by Crippen LogP contribution is -2.69. The Morgan fingerprint density at radius 1 is 1.32 bits per heavy atom. The lowest BCUT2D eigenvalue weighted by atomic mass is 9.44. The molecule has 6 nitrogen and oxygen atoms in total. The Labute approximate surface area is 180 Å². The second-order valence-corrected chi connectivity index (χ2v) is 9.99. The average Bonchev–Trinajstić information content (AvgIpc) is 2.89. The second kappa shape index (κ2) is 6.69. The van der Waals surface area contributed by atoms with Crippen LogP contribution in [0.3, 0.4) is 0 Å². The number of fused-ring (bicyclic) bond motifs is 5. The maximum atomic E-state index is 17.0. The minimum Gasteiger partial charge on any atom is -0.458 e. The quantitative estimate of drug-likeness (QED) is 0.525. The maximum absolute atomic E-state index is 17.0. The third-order valence-electron chi connectivity index (χ3n) is 8.65. The van der Waals surface area contributed by atoms with Crippen molar-refractivity contribution in [1.29, 1.82) is 0 Å². The lowest BCUT2D eigenvalue weighted by molar-refractivity contribution is -0.215. The van der Waals surface area contributed by atoms with E-state index in [1.54, 1.807) is 19.9 Å². The number of carbonyl (C=O) groups is 3. The average molecular weight is 432 g/mol. The molecular weight excluding hydrogens is 403 g/mol. The summed E-state index contributed by atoms with van der Waals surface area (Å²) in [5.74, 6) is -2.63. The Balaban J connectivity index is 1.77. The van der Waals surface area contributed by atoms with Crippen LogP contribution in [0.5, 0.6) is 0 Å².